The number of hydrogen-bond donors (Lipinski definition) is 0. The van der Waals surface area contributed by atoms with Crippen LogP contribution in [-0.2, 0) is 9.59 Å². The maximum absolute atomic E-state index is 12.0. The molecule has 0 aromatic carbocycles. The molecule has 0 atom stereocenters. The smallest absolute Gasteiger partial charge is 0.224 e. The van der Waals surface area contributed by atoms with Gasteiger partial charge in [0.25, 0.3) is 0 Å². The maximum atomic E-state index is 12.0. The summed E-state index contributed by atoms with van der Waals surface area (Å²) in [6, 6.07) is 0.356. The largest absolute Gasteiger partial charge is 0.346 e. The molecule has 0 aromatic heterocycles. The Balaban J connectivity index is 2.42. The number of carbonyl (C=O) groups excluding carboxylic acids is 2. The van der Waals surface area contributed by atoms with Crippen molar-refractivity contribution in [3.8, 4) is 0 Å². The lowest BCUT2D eigenvalue weighted by Gasteiger charge is -2.34. The van der Waals surface area contributed by atoms with Crippen molar-refractivity contribution in [2.45, 2.75) is 71.3 Å². The van der Waals surface area contributed by atoms with Crippen LogP contribution in [0.3, 0.4) is 0 Å². The molecule has 1 aliphatic rings. The molecule has 20 heavy (non-hydrogen) atoms. The van der Waals surface area contributed by atoms with E-state index in [9.17, 15) is 9.59 Å². The summed E-state index contributed by atoms with van der Waals surface area (Å²) < 4.78 is 0. The minimum Gasteiger partial charge on any atom is -0.346 e. The molecule has 0 aliphatic heterocycles. The van der Waals surface area contributed by atoms with Gasteiger partial charge in [0.05, 0.1) is 0 Å². The van der Waals surface area contributed by atoms with E-state index in [4.69, 9.17) is 0 Å². The van der Waals surface area contributed by atoms with E-state index in [-0.39, 0.29) is 11.8 Å². The molecule has 0 saturated heterocycles. The van der Waals surface area contributed by atoms with Crippen molar-refractivity contribution in [3.63, 3.8) is 0 Å². The van der Waals surface area contributed by atoms with Gasteiger partial charge in [-0.05, 0) is 19.3 Å². The first-order chi connectivity index (χ1) is 9.56. The number of nitrogens with zero attached hydrogens (tertiary/aromatic N) is 2. The van der Waals surface area contributed by atoms with E-state index < -0.39 is 0 Å². The Kier molecular flexibility index (Phi) is 7.63. The second kappa shape index (κ2) is 8.98. The first-order valence-corrected chi connectivity index (χ1v) is 8.07. The first kappa shape index (κ1) is 17.0. The normalized spacial score (nSPS) is 15.9. The lowest BCUT2D eigenvalue weighted by Crippen LogP contribution is -2.42. The van der Waals surface area contributed by atoms with Gasteiger partial charge in [-0.1, -0.05) is 32.6 Å². The first-order valence-electron chi connectivity index (χ1n) is 8.07. The van der Waals surface area contributed by atoms with E-state index in [0.29, 0.717) is 19.0 Å². The Bertz CT molecular complexity index is 312. The monoisotopic (exact) mass is 282 g/mol. The zero-order valence-corrected chi connectivity index (χ0v) is 13.4. The molecule has 0 radical (unpaired) electrons. The molecule has 2 amide bonds. The number of hydrogen-bond acceptors (Lipinski definition) is 2. The Hall–Kier alpha value is -1.06. The second-order valence-electron chi connectivity index (χ2n) is 5.92. The van der Waals surface area contributed by atoms with Crippen molar-refractivity contribution >= 4 is 11.8 Å². The van der Waals surface area contributed by atoms with Gasteiger partial charge in [-0.15, -0.1) is 0 Å². The molecule has 4 heteroatoms. The van der Waals surface area contributed by atoms with Gasteiger partial charge in [0.1, 0.15) is 0 Å². The van der Waals surface area contributed by atoms with Gasteiger partial charge in [0.2, 0.25) is 11.8 Å². The zero-order chi connectivity index (χ0) is 15.0. The fourth-order valence-electron chi connectivity index (χ4n) is 2.92. The van der Waals surface area contributed by atoms with Crippen LogP contribution in [-0.4, -0.2) is 47.8 Å². The molecule has 1 aliphatic carbocycles. The van der Waals surface area contributed by atoms with Crippen LogP contribution in [0.5, 0.6) is 0 Å². The molecule has 0 bridgehead atoms. The SMILES string of the molecule is CCCCN(C)C(=O)CCN(C(C)=O)C1CCCCC1. The minimum absolute atomic E-state index is 0.112. The summed E-state index contributed by atoms with van der Waals surface area (Å²) in [5.74, 6) is 0.265. The van der Waals surface area contributed by atoms with Gasteiger partial charge in [0.15, 0.2) is 0 Å². The van der Waals surface area contributed by atoms with E-state index >= 15 is 0 Å². The van der Waals surface area contributed by atoms with E-state index in [1.165, 1.54) is 19.3 Å². The van der Waals surface area contributed by atoms with Crippen molar-refractivity contribution in [2.24, 2.45) is 0 Å². The molecule has 116 valence electrons. The highest BCUT2D eigenvalue weighted by atomic mass is 16.2. The van der Waals surface area contributed by atoms with Gasteiger partial charge >= 0.3 is 0 Å². The fourth-order valence-corrected chi connectivity index (χ4v) is 2.92. The molecule has 4 nitrogen and oxygen atoms in total. The summed E-state index contributed by atoms with van der Waals surface area (Å²) in [5, 5.41) is 0. The third-order valence-electron chi connectivity index (χ3n) is 4.26. The van der Waals surface area contributed by atoms with Gasteiger partial charge < -0.3 is 9.80 Å². The molecule has 0 unspecified atom stereocenters. The quantitative estimate of drug-likeness (QED) is 0.720. The van der Waals surface area contributed by atoms with E-state index in [2.05, 4.69) is 6.92 Å². The van der Waals surface area contributed by atoms with Crippen LogP contribution in [0.4, 0.5) is 0 Å². The van der Waals surface area contributed by atoms with Crippen LogP contribution in [0, 0.1) is 0 Å². The molecular weight excluding hydrogens is 252 g/mol. The molecule has 1 saturated carbocycles. The maximum Gasteiger partial charge on any atom is 0.224 e. The van der Waals surface area contributed by atoms with Gasteiger partial charge in [0, 0.05) is 39.5 Å². The zero-order valence-electron chi connectivity index (χ0n) is 13.4. The number of amides is 2. The van der Waals surface area contributed by atoms with E-state index in [1.807, 2.05) is 11.9 Å². The predicted molar refractivity (Wildman–Crippen MR) is 81.4 cm³/mol. The Labute approximate surface area is 123 Å². The molecular formula is C16H30N2O2. The summed E-state index contributed by atoms with van der Waals surface area (Å²) in [6.07, 6.45) is 8.48. The summed E-state index contributed by atoms with van der Waals surface area (Å²) >= 11 is 0. The lowest BCUT2D eigenvalue weighted by molar-refractivity contribution is -0.134. The van der Waals surface area contributed by atoms with Crippen molar-refractivity contribution in [2.75, 3.05) is 20.1 Å². The Morgan fingerprint density at radius 1 is 1.10 bits per heavy atom. The minimum atomic E-state index is 0.112. The van der Waals surface area contributed by atoms with Crippen molar-refractivity contribution in [1.29, 1.82) is 0 Å². The van der Waals surface area contributed by atoms with Crippen molar-refractivity contribution in [1.82, 2.24) is 9.80 Å². The lowest BCUT2D eigenvalue weighted by atomic mass is 9.94. The number of rotatable bonds is 7. The van der Waals surface area contributed by atoms with E-state index in [1.54, 1.807) is 11.8 Å². The van der Waals surface area contributed by atoms with Crippen LogP contribution in [0.15, 0.2) is 0 Å². The number of carbonyl (C=O) groups is 2. The molecule has 0 spiro atoms. The Morgan fingerprint density at radius 2 is 1.75 bits per heavy atom. The van der Waals surface area contributed by atoms with Gasteiger partial charge in [-0.3, -0.25) is 9.59 Å². The molecule has 0 N–H and O–H groups in total. The summed E-state index contributed by atoms with van der Waals surface area (Å²) in [5.41, 5.74) is 0. The topological polar surface area (TPSA) is 40.6 Å². The van der Waals surface area contributed by atoms with E-state index in [0.717, 1.165) is 32.2 Å². The van der Waals surface area contributed by atoms with Crippen LogP contribution < -0.4 is 0 Å². The third-order valence-corrected chi connectivity index (χ3v) is 4.26. The van der Waals surface area contributed by atoms with Crippen LogP contribution in [0.1, 0.15) is 65.2 Å². The summed E-state index contributed by atoms with van der Waals surface area (Å²) in [4.78, 5) is 27.6. The summed E-state index contributed by atoms with van der Waals surface area (Å²) in [6.45, 7) is 5.15. The van der Waals surface area contributed by atoms with Crippen LogP contribution in [0.2, 0.25) is 0 Å². The molecule has 0 heterocycles. The highest BCUT2D eigenvalue weighted by molar-refractivity contribution is 5.78. The molecule has 1 fully saturated rings. The predicted octanol–water partition coefficient (Wildman–Crippen LogP) is 2.82. The van der Waals surface area contributed by atoms with Crippen molar-refractivity contribution in [3.05, 3.63) is 0 Å². The van der Waals surface area contributed by atoms with Gasteiger partial charge in [-0.2, -0.15) is 0 Å². The highest BCUT2D eigenvalue weighted by Crippen LogP contribution is 2.22. The third kappa shape index (κ3) is 5.51. The fraction of sp³-hybridized carbons (Fsp3) is 0.875. The standard InChI is InChI=1S/C16H30N2O2/c1-4-5-12-17(3)16(20)11-13-18(14(2)19)15-9-7-6-8-10-15/h15H,4-13H2,1-3H3. The van der Waals surface area contributed by atoms with Crippen LogP contribution in [0.25, 0.3) is 0 Å². The van der Waals surface area contributed by atoms with Crippen LogP contribution >= 0.6 is 0 Å². The van der Waals surface area contributed by atoms with Crippen molar-refractivity contribution < 1.29 is 9.59 Å². The average Bonchev–Trinajstić information content (AvgIpc) is 2.45. The summed E-state index contributed by atoms with van der Waals surface area (Å²) in [7, 11) is 1.86. The average molecular weight is 282 g/mol. The second-order valence-corrected chi connectivity index (χ2v) is 5.92. The highest BCUT2D eigenvalue weighted by Gasteiger charge is 2.23. The van der Waals surface area contributed by atoms with Gasteiger partial charge in [-0.25, -0.2) is 0 Å². The number of unbranched alkanes of at least 4 members (excludes halogenated alkanes) is 1. The molecule has 1 rings (SSSR count). The molecule has 0 aromatic rings. The Morgan fingerprint density at radius 3 is 2.30 bits per heavy atom.